The van der Waals surface area contributed by atoms with E-state index in [1.807, 2.05) is 48.5 Å². The maximum Gasteiger partial charge on any atom is 0.317 e. The number of urea groups is 1. The first-order chi connectivity index (χ1) is 16.1. The number of carbonyl (C=O) groups excluding carboxylic acids is 1. The third kappa shape index (κ3) is 7.65. The Bertz CT molecular complexity index is 1150. The van der Waals surface area contributed by atoms with E-state index in [0.29, 0.717) is 12.8 Å². The number of likely N-dealkylation sites (N-methyl/N-ethyl adjacent to an activating group) is 1. The second kappa shape index (κ2) is 12.0. The zero-order valence-corrected chi connectivity index (χ0v) is 22.5. The summed E-state index contributed by atoms with van der Waals surface area (Å²) in [5.74, 6) is -0.779. The van der Waals surface area contributed by atoms with Crippen LogP contribution < -0.4 is 5.32 Å². The molecule has 34 heavy (non-hydrogen) atoms. The number of carbonyl (C=O) groups is 1. The van der Waals surface area contributed by atoms with Crippen LogP contribution in [0.3, 0.4) is 0 Å². The van der Waals surface area contributed by atoms with E-state index in [4.69, 9.17) is 0 Å². The van der Waals surface area contributed by atoms with Crippen LogP contribution in [-0.2, 0) is 22.7 Å². The van der Waals surface area contributed by atoms with Gasteiger partial charge in [0, 0.05) is 28.6 Å². The molecule has 0 bridgehead atoms. The largest absolute Gasteiger partial charge is 0.337 e. The summed E-state index contributed by atoms with van der Waals surface area (Å²) in [6.07, 6.45) is 1.28. The highest BCUT2D eigenvalue weighted by atomic mass is 79.9. The Morgan fingerprint density at radius 3 is 1.82 bits per heavy atom. The van der Waals surface area contributed by atoms with Crippen LogP contribution in [0.15, 0.2) is 86.6 Å². The molecule has 3 rings (SSSR count). The Hall–Kier alpha value is -2.23. The molecule has 0 fully saturated rings. The Balaban J connectivity index is 1.66. The lowest BCUT2D eigenvalue weighted by Crippen LogP contribution is -2.46. The number of benzene rings is 3. The number of hydrogen-bond donors (Lipinski definition) is 1. The molecule has 3 aromatic carbocycles. The Morgan fingerprint density at radius 1 is 0.882 bits per heavy atom. The molecule has 0 aromatic heterocycles. The minimum absolute atomic E-state index is 0.0276. The first-order valence-electron chi connectivity index (χ1n) is 10.6. The summed E-state index contributed by atoms with van der Waals surface area (Å²) in [4.78, 5) is 14.5. The van der Waals surface area contributed by atoms with Crippen molar-refractivity contribution in [2.24, 2.45) is 0 Å². The van der Waals surface area contributed by atoms with Crippen LogP contribution in [0, 0.1) is 5.82 Å². The van der Waals surface area contributed by atoms with Gasteiger partial charge in [0.15, 0.2) is 9.84 Å². The highest BCUT2D eigenvalue weighted by Crippen LogP contribution is 2.18. The number of halogens is 3. The van der Waals surface area contributed by atoms with Crippen LogP contribution in [0.1, 0.15) is 11.1 Å². The standard InChI is InChI=1S/C25H25Br2FN2O3S/c1-30(25(31)29-14-15-34(32,33)24-12-10-22(28)11-13-24)23(16-18-2-6-20(26)7-3-18)17-19-4-8-21(27)9-5-19/h2-13,23H,14-17H2,1H3,(H,29,31). The zero-order chi connectivity index (χ0) is 24.7. The van der Waals surface area contributed by atoms with Crippen molar-refractivity contribution in [3.63, 3.8) is 0 Å². The topological polar surface area (TPSA) is 66.5 Å². The second-order valence-corrected chi connectivity index (χ2v) is 11.9. The summed E-state index contributed by atoms with van der Waals surface area (Å²) in [6.45, 7) is -0.0494. The summed E-state index contributed by atoms with van der Waals surface area (Å²) in [5, 5.41) is 2.71. The van der Waals surface area contributed by atoms with Gasteiger partial charge in [0.05, 0.1) is 10.6 Å². The molecule has 0 spiro atoms. The van der Waals surface area contributed by atoms with E-state index in [9.17, 15) is 17.6 Å². The van der Waals surface area contributed by atoms with Gasteiger partial charge >= 0.3 is 6.03 Å². The molecule has 0 aliphatic heterocycles. The predicted molar refractivity (Wildman–Crippen MR) is 139 cm³/mol. The van der Waals surface area contributed by atoms with Crippen molar-refractivity contribution in [1.29, 1.82) is 0 Å². The van der Waals surface area contributed by atoms with Crippen molar-refractivity contribution >= 4 is 47.7 Å². The van der Waals surface area contributed by atoms with Crippen molar-refractivity contribution in [1.82, 2.24) is 10.2 Å². The predicted octanol–water partition coefficient (Wildman–Crippen LogP) is 5.62. The van der Waals surface area contributed by atoms with E-state index in [1.165, 1.54) is 12.1 Å². The lowest BCUT2D eigenvalue weighted by Gasteiger charge is -2.29. The SMILES string of the molecule is CN(C(=O)NCCS(=O)(=O)c1ccc(F)cc1)C(Cc1ccc(Br)cc1)Cc1ccc(Br)cc1. The number of hydrogen-bond acceptors (Lipinski definition) is 3. The molecule has 0 aliphatic rings. The van der Waals surface area contributed by atoms with Gasteiger partial charge in [-0.15, -0.1) is 0 Å². The van der Waals surface area contributed by atoms with E-state index < -0.39 is 15.7 Å². The van der Waals surface area contributed by atoms with Crippen LogP contribution >= 0.6 is 31.9 Å². The lowest BCUT2D eigenvalue weighted by atomic mass is 9.98. The van der Waals surface area contributed by atoms with Crippen LogP contribution in [0.25, 0.3) is 0 Å². The quantitative estimate of drug-likeness (QED) is 0.319. The van der Waals surface area contributed by atoms with E-state index in [-0.39, 0.29) is 29.3 Å². The van der Waals surface area contributed by atoms with E-state index in [1.54, 1.807) is 11.9 Å². The monoisotopic (exact) mass is 610 g/mol. The molecule has 9 heteroatoms. The van der Waals surface area contributed by atoms with Gasteiger partial charge in [-0.3, -0.25) is 0 Å². The van der Waals surface area contributed by atoms with Crippen LogP contribution in [0.2, 0.25) is 0 Å². The first kappa shape index (κ1) is 26.4. The van der Waals surface area contributed by atoms with Gasteiger partial charge in [-0.25, -0.2) is 17.6 Å². The van der Waals surface area contributed by atoms with Crippen LogP contribution in [0.4, 0.5) is 9.18 Å². The fourth-order valence-corrected chi connectivity index (χ4v) is 5.16. The average molecular weight is 612 g/mol. The van der Waals surface area contributed by atoms with Gasteiger partial charge in [-0.05, 0) is 72.5 Å². The highest BCUT2D eigenvalue weighted by molar-refractivity contribution is 9.10. The fraction of sp³-hybridized carbons (Fsp3) is 0.240. The molecule has 3 aromatic rings. The van der Waals surface area contributed by atoms with Gasteiger partial charge < -0.3 is 10.2 Å². The highest BCUT2D eigenvalue weighted by Gasteiger charge is 2.22. The van der Waals surface area contributed by atoms with E-state index in [0.717, 1.165) is 32.2 Å². The number of nitrogens with zero attached hydrogens (tertiary/aromatic N) is 1. The minimum atomic E-state index is -3.63. The van der Waals surface area contributed by atoms with Crippen LogP contribution in [-0.4, -0.2) is 44.7 Å². The summed E-state index contributed by atoms with van der Waals surface area (Å²) in [5.41, 5.74) is 2.17. The molecule has 1 N–H and O–H groups in total. The summed E-state index contributed by atoms with van der Waals surface area (Å²) >= 11 is 6.88. The van der Waals surface area contributed by atoms with Crippen molar-refractivity contribution < 1.29 is 17.6 Å². The summed E-state index contributed by atoms with van der Waals surface area (Å²) in [7, 11) is -1.92. The first-order valence-corrected chi connectivity index (χ1v) is 13.9. The smallest absolute Gasteiger partial charge is 0.317 e. The molecule has 0 heterocycles. The molecule has 5 nitrogen and oxygen atoms in total. The molecule has 0 saturated carbocycles. The summed E-state index contributed by atoms with van der Waals surface area (Å²) < 4.78 is 40.0. The second-order valence-electron chi connectivity index (χ2n) is 7.93. The van der Waals surface area contributed by atoms with Gasteiger partial charge in [0.1, 0.15) is 5.82 Å². The third-order valence-corrected chi connectivity index (χ3v) is 8.25. The molecule has 0 atom stereocenters. The van der Waals surface area contributed by atoms with Crippen LogP contribution in [0.5, 0.6) is 0 Å². The van der Waals surface area contributed by atoms with E-state index in [2.05, 4.69) is 37.2 Å². The Labute approximate surface area is 216 Å². The number of amides is 2. The van der Waals surface area contributed by atoms with Gasteiger partial charge in [0.2, 0.25) is 0 Å². The maximum atomic E-state index is 13.1. The molecular formula is C25H25Br2FN2O3S. The van der Waals surface area contributed by atoms with Crippen molar-refractivity contribution in [3.8, 4) is 0 Å². The molecule has 180 valence electrons. The zero-order valence-electron chi connectivity index (χ0n) is 18.5. The van der Waals surface area contributed by atoms with Crippen molar-refractivity contribution in [2.75, 3.05) is 19.3 Å². The molecule has 0 saturated heterocycles. The van der Waals surface area contributed by atoms with Gasteiger partial charge in [0.25, 0.3) is 0 Å². The molecule has 0 unspecified atom stereocenters. The normalized spacial score (nSPS) is 11.4. The number of nitrogens with one attached hydrogen (secondary N) is 1. The number of sulfone groups is 1. The summed E-state index contributed by atoms with van der Waals surface area (Å²) in [6, 6.07) is 20.1. The number of rotatable bonds is 9. The molecular weight excluding hydrogens is 587 g/mol. The molecule has 0 radical (unpaired) electrons. The minimum Gasteiger partial charge on any atom is -0.337 e. The Morgan fingerprint density at radius 2 is 1.35 bits per heavy atom. The molecule has 0 aliphatic carbocycles. The van der Waals surface area contributed by atoms with E-state index >= 15 is 0 Å². The molecule has 2 amide bonds. The van der Waals surface area contributed by atoms with Gasteiger partial charge in [-0.2, -0.15) is 0 Å². The maximum absolute atomic E-state index is 13.1. The lowest BCUT2D eigenvalue weighted by molar-refractivity contribution is 0.190. The third-order valence-electron chi connectivity index (χ3n) is 5.46. The van der Waals surface area contributed by atoms with Crippen molar-refractivity contribution in [3.05, 3.63) is 98.7 Å². The Kier molecular flexibility index (Phi) is 9.27. The van der Waals surface area contributed by atoms with Gasteiger partial charge in [-0.1, -0.05) is 56.1 Å². The average Bonchev–Trinajstić information content (AvgIpc) is 2.81. The fourth-order valence-electron chi connectivity index (χ4n) is 3.47. The van der Waals surface area contributed by atoms with Crippen molar-refractivity contribution in [2.45, 2.75) is 23.8 Å².